The fourth-order valence-corrected chi connectivity index (χ4v) is 2.04. The maximum absolute atomic E-state index is 13.2. The first-order valence-electron chi connectivity index (χ1n) is 5.83. The molecule has 1 N–H and O–H groups in total. The van der Waals surface area contributed by atoms with Crippen molar-refractivity contribution in [3.05, 3.63) is 59.4 Å². The first-order valence-corrected chi connectivity index (χ1v) is 5.83. The van der Waals surface area contributed by atoms with Gasteiger partial charge in [-0.3, -0.25) is 0 Å². The molecule has 0 amide bonds. The molecule has 0 aromatic heterocycles. The fourth-order valence-electron chi connectivity index (χ4n) is 2.04. The number of carboxylic acids is 1. The van der Waals surface area contributed by atoms with Crippen LogP contribution in [0.5, 0.6) is 0 Å². The highest BCUT2D eigenvalue weighted by molar-refractivity contribution is 5.95. The summed E-state index contributed by atoms with van der Waals surface area (Å²) in [6.07, 6.45) is 0. The summed E-state index contributed by atoms with van der Waals surface area (Å²) in [5.41, 5.74) is 2.32. The minimum Gasteiger partial charge on any atom is -0.478 e. The van der Waals surface area contributed by atoms with E-state index in [4.69, 9.17) is 5.11 Å². The Hall–Kier alpha value is -2.36. The zero-order valence-electron chi connectivity index (χ0n) is 10.7. The number of rotatable bonds is 3. The molecule has 2 rings (SSSR count). The standard InChI is InChI=1S/C15H14FNO2/c1-10-5-3-4-6-13(10)17(2)14-8-7-11(16)9-12(14)15(18)19/h3-9H,1-2H3,(H,18,19). The van der Waals surface area contributed by atoms with Crippen LogP contribution in [0.4, 0.5) is 15.8 Å². The third kappa shape index (κ3) is 2.57. The summed E-state index contributed by atoms with van der Waals surface area (Å²) in [5, 5.41) is 9.16. The molecule has 0 saturated heterocycles. The van der Waals surface area contributed by atoms with E-state index in [1.807, 2.05) is 31.2 Å². The predicted molar refractivity (Wildman–Crippen MR) is 72.6 cm³/mol. The second kappa shape index (κ2) is 5.10. The van der Waals surface area contributed by atoms with Gasteiger partial charge in [-0.1, -0.05) is 18.2 Å². The lowest BCUT2D eigenvalue weighted by atomic mass is 10.1. The van der Waals surface area contributed by atoms with E-state index < -0.39 is 11.8 Å². The van der Waals surface area contributed by atoms with Gasteiger partial charge in [0.05, 0.1) is 11.3 Å². The summed E-state index contributed by atoms with van der Waals surface area (Å²) in [6.45, 7) is 1.94. The molecule has 0 spiro atoms. The van der Waals surface area contributed by atoms with Crippen LogP contribution in [-0.4, -0.2) is 18.1 Å². The van der Waals surface area contributed by atoms with Crippen molar-refractivity contribution in [3.63, 3.8) is 0 Å². The first kappa shape index (κ1) is 13.1. The zero-order chi connectivity index (χ0) is 14.0. The minimum atomic E-state index is -1.14. The van der Waals surface area contributed by atoms with E-state index in [-0.39, 0.29) is 5.56 Å². The molecule has 0 unspecified atom stereocenters. The van der Waals surface area contributed by atoms with Gasteiger partial charge in [-0.15, -0.1) is 0 Å². The van der Waals surface area contributed by atoms with Gasteiger partial charge in [0.25, 0.3) is 0 Å². The molecule has 0 aliphatic heterocycles. The second-order valence-electron chi connectivity index (χ2n) is 4.31. The maximum Gasteiger partial charge on any atom is 0.337 e. The van der Waals surface area contributed by atoms with E-state index in [1.165, 1.54) is 12.1 Å². The van der Waals surface area contributed by atoms with Gasteiger partial charge in [0.15, 0.2) is 0 Å². The largest absolute Gasteiger partial charge is 0.478 e. The van der Waals surface area contributed by atoms with Gasteiger partial charge >= 0.3 is 5.97 Å². The summed E-state index contributed by atoms with van der Waals surface area (Å²) in [4.78, 5) is 12.9. The number of aryl methyl sites for hydroxylation is 1. The molecule has 4 heteroatoms. The van der Waals surface area contributed by atoms with E-state index in [0.717, 1.165) is 17.3 Å². The molecule has 2 aromatic carbocycles. The summed E-state index contributed by atoms with van der Waals surface area (Å²) >= 11 is 0. The average molecular weight is 259 g/mol. The van der Waals surface area contributed by atoms with Crippen molar-refractivity contribution in [1.82, 2.24) is 0 Å². The van der Waals surface area contributed by atoms with Gasteiger partial charge in [0.2, 0.25) is 0 Å². The monoisotopic (exact) mass is 259 g/mol. The van der Waals surface area contributed by atoms with Gasteiger partial charge in [-0.2, -0.15) is 0 Å². The highest BCUT2D eigenvalue weighted by atomic mass is 19.1. The zero-order valence-corrected chi connectivity index (χ0v) is 10.7. The Bertz CT molecular complexity index is 625. The summed E-state index contributed by atoms with van der Waals surface area (Å²) in [7, 11) is 1.77. The first-order chi connectivity index (χ1) is 9.00. The normalized spacial score (nSPS) is 10.3. The molecular weight excluding hydrogens is 245 g/mol. The van der Waals surface area contributed by atoms with Crippen LogP contribution >= 0.6 is 0 Å². The Morgan fingerprint density at radius 3 is 2.47 bits per heavy atom. The average Bonchev–Trinajstić information content (AvgIpc) is 2.38. The molecule has 0 heterocycles. The van der Waals surface area contributed by atoms with Gasteiger partial charge in [0.1, 0.15) is 5.82 Å². The summed E-state index contributed by atoms with van der Waals surface area (Å²) in [6, 6.07) is 11.4. The lowest BCUT2D eigenvalue weighted by Crippen LogP contribution is -2.15. The van der Waals surface area contributed by atoms with Crippen LogP contribution in [0.1, 0.15) is 15.9 Å². The highest BCUT2D eigenvalue weighted by Crippen LogP contribution is 2.29. The molecule has 3 nitrogen and oxygen atoms in total. The smallest absolute Gasteiger partial charge is 0.337 e. The van der Waals surface area contributed by atoms with Crippen LogP contribution in [-0.2, 0) is 0 Å². The van der Waals surface area contributed by atoms with Crippen molar-refractivity contribution >= 4 is 17.3 Å². The van der Waals surface area contributed by atoms with E-state index in [1.54, 1.807) is 11.9 Å². The second-order valence-corrected chi connectivity index (χ2v) is 4.31. The molecule has 2 aromatic rings. The molecule has 0 saturated carbocycles. The third-order valence-corrected chi connectivity index (χ3v) is 3.03. The van der Waals surface area contributed by atoms with E-state index in [0.29, 0.717) is 5.69 Å². The molecule has 0 aliphatic rings. The molecule has 0 fully saturated rings. The Morgan fingerprint density at radius 1 is 1.16 bits per heavy atom. The number of para-hydroxylation sites is 1. The van der Waals surface area contributed by atoms with Gasteiger partial charge in [-0.25, -0.2) is 9.18 Å². The molecule has 0 atom stereocenters. The third-order valence-electron chi connectivity index (χ3n) is 3.03. The van der Waals surface area contributed by atoms with Crippen molar-refractivity contribution in [1.29, 1.82) is 0 Å². The number of benzene rings is 2. The van der Waals surface area contributed by atoms with Crippen LogP contribution in [0.2, 0.25) is 0 Å². The van der Waals surface area contributed by atoms with Crippen LogP contribution in [0, 0.1) is 12.7 Å². The molecule has 19 heavy (non-hydrogen) atoms. The molecule has 98 valence electrons. The van der Waals surface area contributed by atoms with E-state index in [2.05, 4.69) is 0 Å². The lowest BCUT2D eigenvalue weighted by Gasteiger charge is -2.23. The number of aromatic carboxylic acids is 1. The SMILES string of the molecule is Cc1ccccc1N(C)c1ccc(F)cc1C(=O)O. The van der Waals surface area contributed by atoms with Crippen molar-refractivity contribution in [2.24, 2.45) is 0 Å². The van der Waals surface area contributed by atoms with Crippen molar-refractivity contribution < 1.29 is 14.3 Å². The van der Waals surface area contributed by atoms with E-state index in [9.17, 15) is 9.18 Å². The van der Waals surface area contributed by atoms with Gasteiger partial charge in [0, 0.05) is 12.7 Å². The molecule has 0 bridgehead atoms. The van der Waals surface area contributed by atoms with Gasteiger partial charge in [-0.05, 0) is 36.8 Å². The topological polar surface area (TPSA) is 40.5 Å². The number of carbonyl (C=O) groups is 1. The Balaban J connectivity index is 2.53. The maximum atomic E-state index is 13.2. The molecule has 0 radical (unpaired) electrons. The Labute approximate surface area is 110 Å². The van der Waals surface area contributed by atoms with Crippen molar-refractivity contribution in [2.75, 3.05) is 11.9 Å². The predicted octanol–water partition coefficient (Wildman–Crippen LogP) is 3.60. The Kier molecular flexibility index (Phi) is 3.51. The molecular formula is C15H14FNO2. The Morgan fingerprint density at radius 2 is 1.84 bits per heavy atom. The summed E-state index contributed by atoms with van der Waals surface area (Å²) in [5.74, 6) is -1.70. The van der Waals surface area contributed by atoms with Crippen LogP contribution in [0.15, 0.2) is 42.5 Å². The van der Waals surface area contributed by atoms with E-state index >= 15 is 0 Å². The molecule has 0 aliphatic carbocycles. The quantitative estimate of drug-likeness (QED) is 0.915. The lowest BCUT2D eigenvalue weighted by molar-refractivity contribution is 0.0697. The van der Waals surface area contributed by atoms with Crippen molar-refractivity contribution in [3.8, 4) is 0 Å². The number of hydrogen-bond acceptors (Lipinski definition) is 2. The number of carboxylic acid groups (broad SMARTS) is 1. The highest BCUT2D eigenvalue weighted by Gasteiger charge is 2.16. The van der Waals surface area contributed by atoms with Crippen molar-refractivity contribution in [2.45, 2.75) is 6.92 Å². The number of hydrogen-bond donors (Lipinski definition) is 1. The van der Waals surface area contributed by atoms with Crippen LogP contribution < -0.4 is 4.90 Å². The number of nitrogens with zero attached hydrogens (tertiary/aromatic N) is 1. The minimum absolute atomic E-state index is 0.0502. The van der Waals surface area contributed by atoms with Crippen LogP contribution in [0.3, 0.4) is 0 Å². The van der Waals surface area contributed by atoms with Gasteiger partial charge < -0.3 is 10.0 Å². The summed E-state index contributed by atoms with van der Waals surface area (Å²) < 4.78 is 13.2. The van der Waals surface area contributed by atoms with Crippen LogP contribution in [0.25, 0.3) is 0 Å². The number of anilines is 2. The fraction of sp³-hybridized carbons (Fsp3) is 0.133. The number of halogens is 1.